The lowest BCUT2D eigenvalue weighted by Crippen LogP contribution is -2.30. The predicted molar refractivity (Wildman–Crippen MR) is 140 cm³/mol. The summed E-state index contributed by atoms with van der Waals surface area (Å²) in [6.07, 6.45) is 2.34. The van der Waals surface area contributed by atoms with Crippen molar-refractivity contribution in [3.05, 3.63) is 88.7 Å². The molecule has 8 heteroatoms. The lowest BCUT2D eigenvalue weighted by molar-refractivity contribution is -0.123. The molecule has 1 amide bonds. The predicted octanol–water partition coefficient (Wildman–Crippen LogP) is 5.94. The molecule has 0 spiro atoms. The standard InChI is InChI=1S/C27H27Cl2N3O3/c28-20-12-14-21(15-13-20)35-19-27(33)30-16-5-11-26-31-23-8-2-3-9-24(23)32(26)17-6-18-34-25-10-4-1-7-22(25)29/h1-4,7-10,12-15H,5-6,11,16-19H2,(H,30,33). The first kappa shape index (κ1) is 24.9. The highest BCUT2D eigenvalue weighted by Crippen LogP contribution is 2.23. The highest BCUT2D eigenvalue weighted by atomic mass is 35.5. The van der Waals surface area contributed by atoms with E-state index in [-0.39, 0.29) is 12.5 Å². The summed E-state index contributed by atoms with van der Waals surface area (Å²) in [5.74, 6) is 2.14. The molecule has 0 fully saturated rings. The van der Waals surface area contributed by atoms with Crippen LogP contribution >= 0.6 is 23.2 Å². The summed E-state index contributed by atoms with van der Waals surface area (Å²) in [6.45, 7) is 1.84. The van der Waals surface area contributed by atoms with Gasteiger partial charge in [-0.3, -0.25) is 4.79 Å². The Hall–Kier alpha value is -3.22. The Morgan fingerprint density at radius 1 is 0.914 bits per heavy atom. The van der Waals surface area contributed by atoms with E-state index >= 15 is 0 Å². The van der Waals surface area contributed by atoms with Crippen LogP contribution in [-0.2, 0) is 17.8 Å². The number of imidazole rings is 1. The van der Waals surface area contributed by atoms with Crippen molar-refractivity contribution in [2.45, 2.75) is 25.8 Å². The summed E-state index contributed by atoms with van der Waals surface area (Å²) < 4.78 is 13.6. The summed E-state index contributed by atoms with van der Waals surface area (Å²) in [6, 6.07) is 22.5. The number of para-hydroxylation sites is 3. The number of carbonyl (C=O) groups excluding carboxylic acids is 1. The first-order valence-corrected chi connectivity index (χ1v) is 12.3. The fourth-order valence-corrected chi connectivity index (χ4v) is 4.05. The van der Waals surface area contributed by atoms with Gasteiger partial charge in [0, 0.05) is 24.5 Å². The molecule has 3 aromatic carbocycles. The van der Waals surface area contributed by atoms with Crippen molar-refractivity contribution in [1.82, 2.24) is 14.9 Å². The number of aromatic nitrogens is 2. The van der Waals surface area contributed by atoms with Crippen LogP contribution in [0.4, 0.5) is 0 Å². The number of halogens is 2. The summed E-state index contributed by atoms with van der Waals surface area (Å²) in [7, 11) is 0. The lowest BCUT2D eigenvalue weighted by Gasteiger charge is -2.11. The first-order chi connectivity index (χ1) is 17.1. The molecule has 182 valence electrons. The summed E-state index contributed by atoms with van der Waals surface area (Å²) in [5.41, 5.74) is 2.07. The Morgan fingerprint density at radius 3 is 2.51 bits per heavy atom. The van der Waals surface area contributed by atoms with E-state index in [1.807, 2.05) is 42.5 Å². The largest absolute Gasteiger partial charge is 0.492 e. The molecule has 0 radical (unpaired) electrons. The molecule has 0 aliphatic rings. The SMILES string of the molecule is O=C(COc1ccc(Cl)cc1)NCCCc1nc2ccccc2n1CCCOc1ccccc1Cl. The van der Waals surface area contributed by atoms with Crippen LogP contribution in [0, 0.1) is 0 Å². The number of carbonyl (C=O) groups is 1. The van der Waals surface area contributed by atoms with E-state index in [9.17, 15) is 4.79 Å². The molecule has 0 bridgehead atoms. The molecule has 1 N–H and O–H groups in total. The van der Waals surface area contributed by atoms with Crippen molar-refractivity contribution in [2.75, 3.05) is 19.8 Å². The van der Waals surface area contributed by atoms with Gasteiger partial charge in [0.25, 0.3) is 5.91 Å². The quantitative estimate of drug-likeness (QED) is 0.239. The number of benzene rings is 3. The van der Waals surface area contributed by atoms with Crippen molar-refractivity contribution in [1.29, 1.82) is 0 Å². The van der Waals surface area contributed by atoms with Gasteiger partial charge in [0.2, 0.25) is 0 Å². The van der Waals surface area contributed by atoms with Crippen molar-refractivity contribution >= 4 is 40.1 Å². The second-order valence-electron chi connectivity index (χ2n) is 8.00. The Balaban J connectivity index is 1.26. The Labute approximate surface area is 214 Å². The number of nitrogens with one attached hydrogen (secondary N) is 1. The normalized spacial score (nSPS) is 10.9. The first-order valence-electron chi connectivity index (χ1n) is 11.6. The van der Waals surface area contributed by atoms with Crippen LogP contribution in [-0.4, -0.2) is 35.2 Å². The zero-order valence-electron chi connectivity index (χ0n) is 19.3. The number of aryl methyl sites for hydroxylation is 2. The third kappa shape index (κ3) is 7.13. The van der Waals surface area contributed by atoms with Gasteiger partial charge in [-0.05, 0) is 61.4 Å². The van der Waals surface area contributed by atoms with E-state index in [4.69, 9.17) is 37.7 Å². The molecule has 0 saturated heterocycles. The van der Waals surface area contributed by atoms with Gasteiger partial charge >= 0.3 is 0 Å². The minimum atomic E-state index is -0.162. The van der Waals surface area contributed by atoms with Crippen molar-refractivity contribution in [3.63, 3.8) is 0 Å². The van der Waals surface area contributed by atoms with Crippen LogP contribution in [0.3, 0.4) is 0 Å². The Morgan fingerprint density at radius 2 is 1.69 bits per heavy atom. The molecule has 1 heterocycles. The second kappa shape index (κ2) is 12.5. The molecule has 1 aromatic heterocycles. The molecule has 0 atom stereocenters. The molecule has 4 aromatic rings. The van der Waals surface area contributed by atoms with Gasteiger partial charge in [0.15, 0.2) is 6.61 Å². The molecule has 35 heavy (non-hydrogen) atoms. The zero-order valence-corrected chi connectivity index (χ0v) is 20.8. The van der Waals surface area contributed by atoms with Gasteiger partial charge in [-0.25, -0.2) is 4.98 Å². The van der Waals surface area contributed by atoms with Crippen LogP contribution < -0.4 is 14.8 Å². The molecule has 0 aliphatic heterocycles. The molecule has 6 nitrogen and oxygen atoms in total. The average molecular weight is 512 g/mol. The van der Waals surface area contributed by atoms with Crippen molar-refractivity contribution < 1.29 is 14.3 Å². The molecular weight excluding hydrogens is 485 g/mol. The lowest BCUT2D eigenvalue weighted by atomic mass is 10.2. The summed E-state index contributed by atoms with van der Waals surface area (Å²) >= 11 is 12.0. The highest BCUT2D eigenvalue weighted by molar-refractivity contribution is 6.32. The molecule has 0 aliphatic carbocycles. The van der Waals surface area contributed by atoms with Crippen LogP contribution in [0.1, 0.15) is 18.7 Å². The van der Waals surface area contributed by atoms with Gasteiger partial charge in [0.1, 0.15) is 17.3 Å². The number of nitrogens with zero attached hydrogens (tertiary/aromatic N) is 2. The fourth-order valence-electron chi connectivity index (χ4n) is 3.74. The molecular formula is C27H27Cl2N3O3. The third-order valence-corrected chi connectivity index (χ3v) is 6.00. The fraction of sp³-hybridized carbons (Fsp3) is 0.259. The summed E-state index contributed by atoms with van der Waals surface area (Å²) in [5, 5.41) is 4.14. The van der Waals surface area contributed by atoms with E-state index in [0.717, 1.165) is 42.7 Å². The van der Waals surface area contributed by atoms with Crippen LogP contribution in [0.5, 0.6) is 11.5 Å². The van der Waals surface area contributed by atoms with E-state index in [2.05, 4.69) is 16.0 Å². The maximum Gasteiger partial charge on any atom is 0.257 e. The monoisotopic (exact) mass is 511 g/mol. The minimum absolute atomic E-state index is 0.0361. The maximum absolute atomic E-state index is 12.1. The van der Waals surface area contributed by atoms with Gasteiger partial charge in [-0.1, -0.05) is 47.5 Å². The van der Waals surface area contributed by atoms with Gasteiger partial charge in [-0.2, -0.15) is 0 Å². The van der Waals surface area contributed by atoms with Crippen LogP contribution in [0.15, 0.2) is 72.8 Å². The number of rotatable bonds is 12. The number of amides is 1. The van der Waals surface area contributed by atoms with Gasteiger partial charge < -0.3 is 19.4 Å². The van der Waals surface area contributed by atoms with Gasteiger partial charge in [-0.15, -0.1) is 0 Å². The van der Waals surface area contributed by atoms with E-state index in [1.54, 1.807) is 24.3 Å². The van der Waals surface area contributed by atoms with E-state index in [1.165, 1.54) is 0 Å². The van der Waals surface area contributed by atoms with E-state index in [0.29, 0.717) is 34.7 Å². The Kier molecular flexibility index (Phi) is 8.87. The highest BCUT2D eigenvalue weighted by Gasteiger charge is 2.11. The van der Waals surface area contributed by atoms with Crippen molar-refractivity contribution in [3.8, 4) is 11.5 Å². The maximum atomic E-state index is 12.1. The number of fused-ring (bicyclic) bond motifs is 1. The topological polar surface area (TPSA) is 65.4 Å². The van der Waals surface area contributed by atoms with Gasteiger partial charge in [0.05, 0.1) is 22.7 Å². The summed E-state index contributed by atoms with van der Waals surface area (Å²) in [4.78, 5) is 16.9. The Bertz CT molecular complexity index is 1260. The van der Waals surface area contributed by atoms with Crippen molar-refractivity contribution in [2.24, 2.45) is 0 Å². The van der Waals surface area contributed by atoms with E-state index < -0.39 is 0 Å². The molecule has 4 rings (SSSR count). The third-order valence-electron chi connectivity index (χ3n) is 5.44. The average Bonchev–Trinajstić information content (AvgIpc) is 3.22. The number of ether oxygens (including phenoxy) is 2. The number of hydrogen-bond donors (Lipinski definition) is 1. The van der Waals surface area contributed by atoms with Crippen LogP contribution in [0.25, 0.3) is 11.0 Å². The molecule has 0 saturated carbocycles. The van der Waals surface area contributed by atoms with Crippen LogP contribution in [0.2, 0.25) is 10.0 Å². The second-order valence-corrected chi connectivity index (χ2v) is 8.84. The smallest absolute Gasteiger partial charge is 0.257 e. The molecule has 0 unspecified atom stereocenters. The zero-order chi connectivity index (χ0) is 24.5. The number of hydrogen-bond acceptors (Lipinski definition) is 4. The minimum Gasteiger partial charge on any atom is -0.492 e.